The van der Waals surface area contributed by atoms with Crippen molar-refractivity contribution in [2.24, 2.45) is 16.7 Å². The molecule has 0 saturated heterocycles. The third-order valence-electron chi connectivity index (χ3n) is 5.70. The van der Waals surface area contributed by atoms with Crippen LogP contribution >= 0.6 is 12.2 Å². The number of allylic oxidation sites excluding steroid dienone is 1. The number of hydrogen-bond acceptors (Lipinski definition) is 2. The number of hydrazine groups is 1. The molecule has 0 bridgehead atoms. The zero-order valence-electron chi connectivity index (χ0n) is 14.2. The smallest absolute Gasteiger partial charge is 0.242 e. The fourth-order valence-corrected chi connectivity index (χ4v) is 3.71. The Bertz CT molecular complexity index is 468. The first kappa shape index (κ1) is 17.3. The van der Waals surface area contributed by atoms with Crippen molar-refractivity contribution in [1.29, 1.82) is 0 Å². The Morgan fingerprint density at radius 1 is 1.23 bits per heavy atom. The lowest BCUT2D eigenvalue weighted by Gasteiger charge is -2.15. The highest BCUT2D eigenvalue weighted by molar-refractivity contribution is 7.80. The van der Waals surface area contributed by atoms with Gasteiger partial charge in [-0.15, -0.1) is 0 Å². The molecule has 0 spiro atoms. The SMILES string of the molecule is CC1(C)C(C(=O)NNC(=S)NCCC2=CCCCC2)C1(C)C. The number of amides is 1. The molecule has 2 aliphatic carbocycles. The van der Waals surface area contributed by atoms with Gasteiger partial charge >= 0.3 is 0 Å². The van der Waals surface area contributed by atoms with Crippen molar-refractivity contribution in [3.05, 3.63) is 11.6 Å². The zero-order chi connectivity index (χ0) is 16.4. The minimum absolute atomic E-state index is 0.0224. The molecule has 2 rings (SSSR count). The van der Waals surface area contributed by atoms with Gasteiger partial charge in [-0.3, -0.25) is 15.6 Å². The van der Waals surface area contributed by atoms with Crippen molar-refractivity contribution >= 4 is 23.2 Å². The lowest BCUT2D eigenvalue weighted by molar-refractivity contribution is -0.124. The van der Waals surface area contributed by atoms with E-state index in [2.05, 4.69) is 49.9 Å². The maximum atomic E-state index is 12.2. The molecule has 4 nitrogen and oxygen atoms in total. The summed E-state index contributed by atoms with van der Waals surface area (Å²) in [5.74, 6) is 0.0526. The first-order valence-electron chi connectivity index (χ1n) is 8.28. The Hall–Kier alpha value is -1.10. The van der Waals surface area contributed by atoms with Crippen LogP contribution in [0.25, 0.3) is 0 Å². The van der Waals surface area contributed by atoms with Gasteiger partial charge in [0.15, 0.2) is 5.11 Å². The van der Waals surface area contributed by atoms with Crippen LogP contribution < -0.4 is 16.2 Å². The second-order valence-electron chi connectivity index (χ2n) is 7.60. The van der Waals surface area contributed by atoms with Crippen molar-refractivity contribution in [1.82, 2.24) is 16.2 Å². The molecule has 0 atom stereocenters. The third-order valence-corrected chi connectivity index (χ3v) is 5.95. The molecule has 0 aromatic carbocycles. The van der Waals surface area contributed by atoms with Crippen LogP contribution in [-0.4, -0.2) is 17.6 Å². The van der Waals surface area contributed by atoms with Crippen LogP contribution in [0.2, 0.25) is 0 Å². The monoisotopic (exact) mass is 323 g/mol. The van der Waals surface area contributed by atoms with Crippen LogP contribution in [0.4, 0.5) is 0 Å². The first-order chi connectivity index (χ1) is 10.3. The molecule has 1 saturated carbocycles. The van der Waals surface area contributed by atoms with Gasteiger partial charge in [0.05, 0.1) is 5.92 Å². The summed E-state index contributed by atoms with van der Waals surface area (Å²) < 4.78 is 0. The second-order valence-corrected chi connectivity index (χ2v) is 8.01. The van der Waals surface area contributed by atoms with E-state index in [-0.39, 0.29) is 22.7 Å². The molecule has 0 aromatic heterocycles. The van der Waals surface area contributed by atoms with Gasteiger partial charge in [0.2, 0.25) is 5.91 Å². The van der Waals surface area contributed by atoms with E-state index >= 15 is 0 Å². The average Bonchev–Trinajstić information content (AvgIpc) is 2.87. The number of rotatable bonds is 4. The number of hydrogen-bond donors (Lipinski definition) is 3. The van der Waals surface area contributed by atoms with E-state index < -0.39 is 0 Å². The Morgan fingerprint density at radius 2 is 1.91 bits per heavy atom. The molecule has 1 fully saturated rings. The standard InChI is InChI=1S/C17H29N3OS/c1-16(2)13(17(16,3)4)14(21)19-20-15(22)18-11-10-12-8-6-5-7-9-12/h8,13H,5-7,9-11H2,1-4H3,(H,19,21)(H2,18,20,22). The molecule has 1 amide bonds. The molecule has 5 heteroatoms. The predicted molar refractivity (Wildman–Crippen MR) is 94.1 cm³/mol. The van der Waals surface area contributed by atoms with Crippen molar-refractivity contribution in [2.75, 3.05) is 6.54 Å². The van der Waals surface area contributed by atoms with Gasteiger partial charge in [-0.05, 0) is 55.2 Å². The Kier molecular flexibility index (Phi) is 5.15. The van der Waals surface area contributed by atoms with E-state index in [1.54, 1.807) is 0 Å². The number of nitrogens with one attached hydrogen (secondary N) is 3. The normalized spacial score (nSPS) is 22.5. The van der Waals surface area contributed by atoms with E-state index in [9.17, 15) is 4.79 Å². The molecule has 0 aromatic rings. The number of carbonyl (C=O) groups excluding carboxylic acids is 1. The highest BCUT2D eigenvalue weighted by Gasteiger charge is 2.68. The van der Waals surface area contributed by atoms with Gasteiger partial charge in [0.1, 0.15) is 0 Å². The maximum Gasteiger partial charge on any atom is 0.242 e. The highest BCUT2D eigenvalue weighted by atomic mass is 32.1. The van der Waals surface area contributed by atoms with Gasteiger partial charge in [-0.2, -0.15) is 0 Å². The van der Waals surface area contributed by atoms with Gasteiger partial charge in [-0.1, -0.05) is 39.3 Å². The molecule has 0 unspecified atom stereocenters. The fourth-order valence-electron chi connectivity index (χ4n) is 3.55. The van der Waals surface area contributed by atoms with Crippen LogP contribution in [0.15, 0.2) is 11.6 Å². The molecule has 124 valence electrons. The van der Waals surface area contributed by atoms with E-state index in [1.807, 2.05) is 0 Å². The summed E-state index contributed by atoms with van der Waals surface area (Å²) in [5.41, 5.74) is 7.16. The molecule has 3 N–H and O–H groups in total. The Morgan fingerprint density at radius 3 is 2.45 bits per heavy atom. The lowest BCUT2D eigenvalue weighted by atomic mass is 9.97. The Labute approximate surface area is 139 Å². The van der Waals surface area contributed by atoms with Crippen LogP contribution in [0.5, 0.6) is 0 Å². The summed E-state index contributed by atoms with van der Waals surface area (Å²) in [5, 5.41) is 3.64. The summed E-state index contributed by atoms with van der Waals surface area (Å²) in [6, 6.07) is 0. The average molecular weight is 324 g/mol. The second kappa shape index (κ2) is 6.57. The van der Waals surface area contributed by atoms with Crippen molar-refractivity contribution in [3.63, 3.8) is 0 Å². The van der Waals surface area contributed by atoms with Crippen LogP contribution in [0.1, 0.15) is 59.8 Å². The van der Waals surface area contributed by atoms with Crippen molar-refractivity contribution < 1.29 is 4.79 Å². The largest absolute Gasteiger partial charge is 0.361 e. The first-order valence-corrected chi connectivity index (χ1v) is 8.69. The van der Waals surface area contributed by atoms with Gasteiger partial charge in [0.25, 0.3) is 0 Å². The van der Waals surface area contributed by atoms with Crippen LogP contribution in [-0.2, 0) is 4.79 Å². The maximum absolute atomic E-state index is 12.2. The molecule has 2 aliphatic rings. The molecule has 0 heterocycles. The van der Waals surface area contributed by atoms with Gasteiger partial charge < -0.3 is 5.32 Å². The summed E-state index contributed by atoms with van der Waals surface area (Å²) in [4.78, 5) is 12.2. The van der Waals surface area contributed by atoms with Crippen molar-refractivity contribution in [3.8, 4) is 0 Å². The van der Waals surface area contributed by atoms with E-state index in [0.717, 1.165) is 13.0 Å². The summed E-state index contributed by atoms with van der Waals surface area (Å²) >= 11 is 5.20. The summed E-state index contributed by atoms with van der Waals surface area (Å²) in [6.07, 6.45) is 8.42. The summed E-state index contributed by atoms with van der Waals surface area (Å²) in [6.45, 7) is 9.34. The quantitative estimate of drug-likeness (QED) is 0.423. The molecular weight excluding hydrogens is 294 g/mol. The highest BCUT2D eigenvalue weighted by Crippen LogP contribution is 2.68. The van der Waals surface area contributed by atoms with Crippen LogP contribution in [0, 0.1) is 16.7 Å². The Balaban J connectivity index is 1.64. The van der Waals surface area contributed by atoms with E-state index in [1.165, 1.54) is 31.3 Å². The molecule has 22 heavy (non-hydrogen) atoms. The zero-order valence-corrected chi connectivity index (χ0v) is 15.0. The number of carbonyl (C=O) groups is 1. The fraction of sp³-hybridized carbons (Fsp3) is 0.765. The molecule has 0 aliphatic heterocycles. The van der Waals surface area contributed by atoms with Crippen LogP contribution in [0.3, 0.4) is 0 Å². The van der Waals surface area contributed by atoms with E-state index in [0.29, 0.717) is 5.11 Å². The molecular formula is C17H29N3OS. The minimum atomic E-state index is 0.0224. The van der Waals surface area contributed by atoms with Crippen molar-refractivity contribution in [2.45, 2.75) is 59.8 Å². The minimum Gasteiger partial charge on any atom is -0.361 e. The van der Waals surface area contributed by atoms with Gasteiger partial charge in [-0.25, -0.2) is 0 Å². The third kappa shape index (κ3) is 3.62. The number of thiocarbonyl (C=S) groups is 1. The predicted octanol–water partition coefficient (Wildman–Crippen LogP) is 3.05. The topological polar surface area (TPSA) is 53.2 Å². The lowest BCUT2D eigenvalue weighted by Crippen LogP contribution is -2.48. The van der Waals surface area contributed by atoms with Gasteiger partial charge in [0, 0.05) is 6.54 Å². The summed E-state index contributed by atoms with van der Waals surface area (Å²) in [7, 11) is 0. The van der Waals surface area contributed by atoms with E-state index in [4.69, 9.17) is 12.2 Å². The molecule has 0 radical (unpaired) electrons.